The number of rotatable bonds is 4. The van der Waals surface area contributed by atoms with E-state index in [9.17, 15) is 13.2 Å². The number of nitrogens with zero attached hydrogens (tertiary/aromatic N) is 1. The van der Waals surface area contributed by atoms with E-state index in [2.05, 4.69) is 0 Å². The number of carbonyl (C=O) groups excluding carboxylic acids is 1. The molecule has 22 heavy (non-hydrogen) atoms. The van der Waals surface area contributed by atoms with E-state index in [-0.39, 0.29) is 21.4 Å². The minimum absolute atomic E-state index is 0.0485. The van der Waals surface area contributed by atoms with Gasteiger partial charge in [0.2, 0.25) is 0 Å². The van der Waals surface area contributed by atoms with Gasteiger partial charge in [0, 0.05) is 23.7 Å². The first-order chi connectivity index (χ1) is 10.2. The van der Waals surface area contributed by atoms with Crippen molar-refractivity contribution < 1.29 is 13.2 Å². The minimum atomic E-state index is -3.49. The van der Waals surface area contributed by atoms with Gasteiger partial charge in [-0.1, -0.05) is 23.2 Å². The maximum atomic E-state index is 12.4. The first-order valence-corrected chi connectivity index (χ1v) is 9.64. The molecule has 0 fully saturated rings. The third-order valence-corrected chi connectivity index (χ3v) is 5.74. The fourth-order valence-corrected chi connectivity index (χ4v) is 4.33. The monoisotopic (exact) mass is 377 g/mol. The molecular weight excluding hydrogens is 365 g/mol. The summed E-state index contributed by atoms with van der Waals surface area (Å²) in [5, 5.41) is 0.103. The zero-order valence-electron chi connectivity index (χ0n) is 11.8. The molecule has 1 aromatic carbocycles. The van der Waals surface area contributed by atoms with Crippen molar-refractivity contribution in [2.45, 2.75) is 11.4 Å². The molecule has 8 heteroatoms. The predicted molar refractivity (Wildman–Crippen MR) is 89.7 cm³/mol. The predicted octanol–water partition coefficient (Wildman–Crippen LogP) is 3.73. The Morgan fingerprint density at radius 2 is 1.91 bits per heavy atom. The van der Waals surface area contributed by atoms with Gasteiger partial charge in [0.15, 0.2) is 9.84 Å². The van der Waals surface area contributed by atoms with Crippen LogP contribution < -0.4 is 0 Å². The summed E-state index contributed by atoms with van der Waals surface area (Å²) in [6.45, 7) is 0.396. The molecule has 4 nitrogen and oxygen atoms in total. The van der Waals surface area contributed by atoms with E-state index in [4.69, 9.17) is 23.2 Å². The highest BCUT2D eigenvalue weighted by molar-refractivity contribution is 7.90. The van der Waals surface area contributed by atoms with Gasteiger partial charge in [-0.05, 0) is 30.3 Å². The van der Waals surface area contributed by atoms with E-state index in [1.807, 2.05) is 6.07 Å². The van der Waals surface area contributed by atoms with Crippen molar-refractivity contribution in [3.05, 3.63) is 50.1 Å². The molecule has 0 atom stereocenters. The highest BCUT2D eigenvalue weighted by Crippen LogP contribution is 2.25. The van der Waals surface area contributed by atoms with E-state index >= 15 is 0 Å². The Labute approximate surface area is 143 Å². The largest absolute Gasteiger partial charge is 0.337 e. The summed E-state index contributed by atoms with van der Waals surface area (Å²) < 4.78 is 24.0. The van der Waals surface area contributed by atoms with Gasteiger partial charge < -0.3 is 4.90 Å². The number of halogens is 2. The smallest absolute Gasteiger partial charge is 0.253 e. The molecule has 0 spiro atoms. The van der Waals surface area contributed by atoms with E-state index in [1.54, 1.807) is 13.1 Å². The first kappa shape index (κ1) is 17.3. The summed E-state index contributed by atoms with van der Waals surface area (Å²) in [7, 11) is -1.85. The Balaban J connectivity index is 2.25. The van der Waals surface area contributed by atoms with Crippen LogP contribution >= 0.6 is 34.5 Å². The van der Waals surface area contributed by atoms with Crippen molar-refractivity contribution >= 4 is 50.3 Å². The van der Waals surface area contributed by atoms with Crippen molar-refractivity contribution in [1.29, 1.82) is 0 Å². The van der Waals surface area contributed by atoms with Crippen LogP contribution in [0.2, 0.25) is 9.36 Å². The van der Waals surface area contributed by atoms with Crippen molar-refractivity contribution in [2.75, 3.05) is 13.3 Å². The molecule has 0 aliphatic rings. The third-order valence-electron chi connectivity index (χ3n) is 2.95. The van der Waals surface area contributed by atoms with E-state index in [0.717, 1.165) is 11.1 Å². The summed E-state index contributed by atoms with van der Waals surface area (Å²) in [4.78, 5) is 14.8. The highest BCUT2D eigenvalue weighted by atomic mass is 35.5. The molecule has 0 bridgehead atoms. The zero-order chi connectivity index (χ0) is 16.5. The molecule has 0 saturated carbocycles. The van der Waals surface area contributed by atoms with Crippen LogP contribution in [-0.2, 0) is 16.4 Å². The zero-order valence-corrected chi connectivity index (χ0v) is 15.0. The number of hydrogen-bond acceptors (Lipinski definition) is 4. The Hall–Kier alpha value is -1.08. The SMILES string of the molecule is CN(Cc1ccc(Cl)s1)C(=O)c1ccc(Cl)c(S(C)(=O)=O)c1. The van der Waals surface area contributed by atoms with E-state index in [1.165, 1.54) is 34.4 Å². The maximum Gasteiger partial charge on any atom is 0.253 e. The number of amides is 1. The van der Waals surface area contributed by atoms with Gasteiger partial charge in [-0.2, -0.15) is 0 Å². The van der Waals surface area contributed by atoms with Crippen LogP contribution in [0.25, 0.3) is 0 Å². The van der Waals surface area contributed by atoms with Gasteiger partial charge in [-0.25, -0.2) is 8.42 Å². The molecule has 0 aliphatic heterocycles. The lowest BCUT2D eigenvalue weighted by Crippen LogP contribution is -2.26. The molecule has 0 radical (unpaired) electrons. The quantitative estimate of drug-likeness (QED) is 0.815. The Bertz CT molecular complexity index is 815. The second-order valence-electron chi connectivity index (χ2n) is 4.78. The summed E-state index contributed by atoms with van der Waals surface area (Å²) >= 11 is 13.1. The molecule has 1 aromatic heterocycles. The Kier molecular flexibility index (Phi) is 5.17. The molecule has 118 valence electrons. The summed E-state index contributed by atoms with van der Waals surface area (Å²) in [5.74, 6) is -0.286. The molecule has 2 aromatic rings. The maximum absolute atomic E-state index is 12.4. The average Bonchev–Trinajstić information content (AvgIpc) is 2.82. The fraction of sp³-hybridized carbons (Fsp3) is 0.214. The van der Waals surface area contributed by atoms with Crippen molar-refractivity contribution in [2.24, 2.45) is 0 Å². The van der Waals surface area contributed by atoms with Crippen LogP contribution in [0.5, 0.6) is 0 Å². The van der Waals surface area contributed by atoms with E-state index < -0.39 is 9.84 Å². The van der Waals surface area contributed by atoms with Gasteiger partial charge in [0.05, 0.1) is 20.8 Å². The fourth-order valence-electron chi connectivity index (χ4n) is 1.88. The highest BCUT2D eigenvalue weighted by Gasteiger charge is 2.18. The van der Waals surface area contributed by atoms with Crippen molar-refractivity contribution in [3.63, 3.8) is 0 Å². The minimum Gasteiger partial charge on any atom is -0.337 e. The van der Waals surface area contributed by atoms with Crippen LogP contribution in [-0.4, -0.2) is 32.5 Å². The second kappa shape index (κ2) is 6.58. The Morgan fingerprint density at radius 1 is 1.23 bits per heavy atom. The summed E-state index contributed by atoms with van der Waals surface area (Å²) in [5.41, 5.74) is 0.273. The molecule has 0 unspecified atom stereocenters. The normalized spacial score (nSPS) is 11.5. The molecule has 0 N–H and O–H groups in total. The van der Waals surface area contributed by atoms with E-state index in [0.29, 0.717) is 10.9 Å². The molecule has 2 rings (SSSR count). The molecule has 0 aliphatic carbocycles. The number of thiophene rings is 1. The third kappa shape index (κ3) is 4.01. The van der Waals surface area contributed by atoms with Gasteiger partial charge in [0.1, 0.15) is 0 Å². The number of sulfone groups is 1. The second-order valence-corrected chi connectivity index (χ2v) is 8.98. The van der Waals surface area contributed by atoms with Gasteiger partial charge in [-0.15, -0.1) is 11.3 Å². The number of hydrogen-bond donors (Lipinski definition) is 0. The lowest BCUT2D eigenvalue weighted by atomic mass is 10.2. The van der Waals surface area contributed by atoms with Gasteiger partial charge in [-0.3, -0.25) is 4.79 Å². The lowest BCUT2D eigenvalue weighted by Gasteiger charge is -2.17. The summed E-state index contributed by atoms with van der Waals surface area (Å²) in [6, 6.07) is 7.85. The van der Waals surface area contributed by atoms with Gasteiger partial charge in [0.25, 0.3) is 5.91 Å². The van der Waals surface area contributed by atoms with Crippen LogP contribution in [0.4, 0.5) is 0 Å². The molecule has 1 amide bonds. The first-order valence-electron chi connectivity index (χ1n) is 6.18. The standard InChI is InChI=1S/C14H13Cl2NO3S2/c1-17(8-10-4-6-13(16)21-10)14(18)9-3-5-11(15)12(7-9)22(2,19)20/h3-7H,8H2,1-2H3. The molecule has 0 saturated heterocycles. The topological polar surface area (TPSA) is 54.5 Å². The van der Waals surface area contributed by atoms with Crippen LogP contribution in [0.15, 0.2) is 35.2 Å². The number of benzene rings is 1. The number of carbonyl (C=O) groups is 1. The Morgan fingerprint density at radius 3 is 2.45 bits per heavy atom. The van der Waals surface area contributed by atoms with Crippen LogP contribution in [0.1, 0.15) is 15.2 Å². The van der Waals surface area contributed by atoms with Crippen molar-refractivity contribution in [3.8, 4) is 0 Å². The average molecular weight is 378 g/mol. The van der Waals surface area contributed by atoms with Gasteiger partial charge >= 0.3 is 0 Å². The lowest BCUT2D eigenvalue weighted by molar-refractivity contribution is 0.0786. The van der Waals surface area contributed by atoms with Crippen LogP contribution in [0.3, 0.4) is 0 Å². The summed E-state index contributed by atoms with van der Waals surface area (Å²) in [6.07, 6.45) is 1.06. The van der Waals surface area contributed by atoms with Crippen molar-refractivity contribution in [1.82, 2.24) is 4.90 Å². The molecule has 1 heterocycles. The molecular formula is C14H13Cl2NO3S2. The van der Waals surface area contributed by atoms with Crippen LogP contribution in [0, 0.1) is 0 Å².